The topological polar surface area (TPSA) is 15.3 Å². The summed E-state index contributed by atoms with van der Waals surface area (Å²) in [6.07, 6.45) is 10.8. The Labute approximate surface area is 161 Å². The summed E-state index contributed by atoms with van der Waals surface area (Å²) in [5.41, 5.74) is 7.80. The predicted molar refractivity (Wildman–Crippen MR) is 112 cm³/mol. The first-order valence-corrected chi connectivity index (χ1v) is 10.7. The van der Waals surface area contributed by atoms with E-state index >= 15 is 0 Å². The standard InChI is InChI=1S/C23H28N2S/c1-3-17-9-5-6-10-19(15-17)24-25-20-11-7-8-12-22(20)26-23-14-13-18(4-2)16-21(23)25/h6-8,10-14,16-17,19,24H,3-5,9,15H2,1-2H3. The van der Waals surface area contributed by atoms with Crippen molar-refractivity contribution in [1.29, 1.82) is 0 Å². The van der Waals surface area contributed by atoms with Gasteiger partial charge in [-0.1, -0.05) is 62.4 Å². The zero-order chi connectivity index (χ0) is 17.9. The molecule has 0 saturated carbocycles. The molecule has 1 heterocycles. The zero-order valence-corrected chi connectivity index (χ0v) is 16.6. The van der Waals surface area contributed by atoms with Crippen LogP contribution in [0, 0.1) is 5.92 Å². The molecular formula is C23H28N2S. The molecule has 0 amide bonds. The highest BCUT2D eigenvalue weighted by Crippen LogP contribution is 2.47. The number of para-hydroxylation sites is 1. The molecule has 0 spiro atoms. The van der Waals surface area contributed by atoms with Crippen molar-refractivity contribution in [3.63, 3.8) is 0 Å². The minimum absolute atomic E-state index is 0.386. The van der Waals surface area contributed by atoms with Crippen molar-refractivity contribution in [2.24, 2.45) is 5.92 Å². The fraction of sp³-hybridized carbons (Fsp3) is 0.391. The Morgan fingerprint density at radius 3 is 2.77 bits per heavy atom. The number of nitrogens with one attached hydrogen (secondary N) is 1. The number of anilines is 2. The van der Waals surface area contributed by atoms with E-state index in [1.807, 2.05) is 11.8 Å². The van der Waals surface area contributed by atoms with Crippen LogP contribution in [0.15, 0.2) is 64.4 Å². The van der Waals surface area contributed by atoms with Gasteiger partial charge in [0.15, 0.2) is 0 Å². The summed E-state index contributed by atoms with van der Waals surface area (Å²) in [5, 5.41) is 2.34. The lowest BCUT2D eigenvalue weighted by atomic mass is 9.95. The smallest absolute Gasteiger partial charge is 0.0720 e. The minimum atomic E-state index is 0.386. The van der Waals surface area contributed by atoms with E-state index in [1.165, 1.54) is 52.4 Å². The highest BCUT2D eigenvalue weighted by molar-refractivity contribution is 7.99. The molecule has 136 valence electrons. The number of hydrogen-bond donors (Lipinski definition) is 1. The molecule has 1 aliphatic heterocycles. The van der Waals surface area contributed by atoms with Gasteiger partial charge < -0.3 is 0 Å². The second kappa shape index (κ2) is 7.89. The van der Waals surface area contributed by atoms with Crippen LogP contribution in [0.4, 0.5) is 11.4 Å². The molecule has 2 nitrogen and oxygen atoms in total. The number of benzene rings is 2. The molecule has 1 aliphatic carbocycles. The Hall–Kier alpha value is -1.71. The monoisotopic (exact) mass is 364 g/mol. The van der Waals surface area contributed by atoms with E-state index in [2.05, 4.69) is 78.9 Å². The number of allylic oxidation sites excluding steroid dienone is 1. The first-order chi connectivity index (χ1) is 12.8. The van der Waals surface area contributed by atoms with Gasteiger partial charge in [0.25, 0.3) is 0 Å². The van der Waals surface area contributed by atoms with E-state index in [0.717, 1.165) is 12.3 Å². The van der Waals surface area contributed by atoms with Crippen LogP contribution in [0.1, 0.15) is 45.1 Å². The van der Waals surface area contributed by atoms with Gasteiger partial charge in [0, 0.05) is 15.8 Å². The molecule has 0 aromatic heterocycles. The largest absolute Gasteiger partial charge is 0.274 e. The summed E-state index contributed by atoms with van der Waals surface area (Å²) < 4.78 is 0. The van der Waals surface area contributed by atoms with Gasteiger partial charge in [0.1, 0.15) is 0 Å². The molecule has 0 radical (unpaired) electrons. The van der Waals surface area contributed by atoms with Gasteiger partial charge in [-0.25, -0.2) is 5.43 Å². The molecule has 0 saturated heterocycles. The maximum Gasteiger partial charge on any atom is 0.0720 e. The lowest BCUT2D eigenvalue weighted by Crippen LogP contribution is -2.43. The van der Waals surface area contributed by atoms with Crippen LogP contribution in [0.3, 0.4) is 0 Å². The van der Waals surface area contributed by atoms with Crippen LogP contribution in [0.5, 0.6) is 0 Å². The van der Waals surface area contributed by atoms with Crippen molar-refractivity contribution in [2.75, 3.05) is 5.01 Å². The lowest BCUT2D eigenvalue weighted by Gasteiger charge is -2.36. The van der Waals surface area contributed by atoms with E-state index in [9.17, 15) is 0 Å². The third-order valence-corrected chi connectivity index (χ3v) is 6.70. The molecule has 26 heavy (non-hydrogen) atoms. The van der Waals surface area contributed by atoms with Gasteiger partial charge in [-0.15, -0.1) is 0 Å². The second-order valence-corrected chi connectivity index (χ2v) is 8.40. The molecule has 4 rings (SSSR count). The molecular weight excluding hydrogens is 336 g/mol. The van der Waals surface area contributed by atoms with Gasteiger partial charge >= 0.3 is 0 Å². The molecule has 2 unspecified atom stereocenters. The third-order valence-electron chi connectivity index (χ3n) is 5.57. The van der Waals surface area contributed by atoms with Crippen LogP contribution in [0.25, 0.3) is 0 Å². The number of hydrogen-bond acceptors (Lipinski definition) is 3. The highest BCUT2D eigenvalue weighted by atomic mass is 32.2. The van der Waals surface area contributed by atoms with Crippen molar-refractivity contribution >= 4 is 23.1 Å². The Bertz CT molecular complexity index is 799. The van der Waals surface area contributed by atoms with Crippen LogP contribution in [0.2, 0.25) is 0 Å². The van der Waals surface area contributed by atoms with Crippen molar-refractivity contribution in [1.82, 2.24) is 5.43 Å². The zero-order valence-electron chi connectivity index (χ0n) is 15.7. The van der Waals surface area contributed by atoms with Crippen molar-refractivity contribution in [3.8, 4) is 0 Å². The van der Waals surface area contributed by atoms with Gasteiger partial charge in [-0.2, -0.15) is 0 Å². The van der Waals surface area contributed by atoms with Gasteiger partial charge in [-0.3, -0.25) is 5.01 Å². The first kappa shape index (κ1) is 17.7. The predicted octanol–water partition coefficient (Wildman–Crippen LogP) is 6.49. The van der Waals surface area contributed by atoms with E-state index in [1.54, 1.807) is 0 Å². The van der Waals surface area contributed by atoms with E-state index < -0.39 is 0 Å². The number of fused-ring (bicyclic) bond motifs is 2. The average molecular weight is 365 g/mol. The Morgan fingerprint density at radius 2 is 1.92 bits per heavy atom. The molecule has 0 bridgehead atoms. The molecule has 0 fully saturated rings. The van der Waals surface area contributed by atoms with Crippen LogP contribution >= 0.6 is 11.8 Å². The maximum absolute atomic E-state index is 3.86. The van der Waals surface area contributed by atoms with Crippen LogP contribution in [-0.2, 0) is 6.42 Å². The fourth-order valence-electron chi connectivity index (χ4n) is 3.94. The Morgan fingerprint density at radius 1 is 1.08 bits per heavy atom. The fourth-order valence-corrected chi connectivity index (χ4v) is 4.98. The van der Waals surface area contributed by atoms with E-state index in [0.29, 0.717) is 6.04 Å². The molecule has 3 heteroatoms. The summed E-state index contributed by atoms with van der Waals surface area (Å²) in [6.45, 7) is 4.55. The second-order valence-electron chi connectivity index (χ2n) is 7.31. The van der Waals surface area contributed by atoms with Gasteiger partial charge in [0.05, 0.1) is 11.4 Å². The van der Waals surface area contributed by atoms with Gasteiger partial charge in [0.2, 0.25) is 0 Å². The van der Waals surface area contributed by atoms with Crippen LogP contribution in [-0.4, -0.2) is 6.04 Å². The molecule has 1 N–H and O–H groups in total. The number of hydrazine groups is 1. The summed E-state index contributed by atoms with van der Waals surface area (Å²) in [5.74, 6) is 0.804. The highest BCUT2D eigenvalue weighted by Gasteiger charge is 2.26. The summed E-state index contributed by atoms with van der Waals surface area (Å²) >= 11 is 1.88. The summed E-state index contributed by atoms with van der Waals surface area (Å²) in [7, 11) is 0. The SMILES string of the molecule is CCc1ccc2c(c1)N(NC1C=CCCC(CC)C1)c1ccccc1S2. The van der Waals surface area contributed by atoms with Crippen molar-refractivity contribution < 1.29 is 0 Å². The normalized spacial score (nSPS) is 21.8. The van der Waals surface area contributed by atoms with Crippen molar-refractivity contribution in [3.05, 3.63) is 60.2 Å². The average Bonchev–Trinajstić information content (AvgIpc) is 2.92. The van der Waals surface area contributed by atoms with Gasteiger partial charge in [-0.05, 0) is 61.4 Å². The lowest BCUT2D eigenvalue weighted by molar-refractivity contribution is 0.401. The first-order valence-electron chi connectivity index (χ1n) is 9.91. The summed E-state index contributed by atoms with van der Waals surface area (Å²) in [4.78, 5) is 2.65. The van der Waals surface area contributed by atoms with E-state index in [-0.39, 0.29) is 0 Å². The van der Waals surface area contributed by atoms with Crippen LogP contribution < -0.4 is 10.4 Å². The molecule has 2 aromatic carbocycles. The van der Waals surface area contributed by atoms with Crippen molar-refractivity contribution in [2.45, 2.75) is 61.8 Å². The number of nitrogens with zero attached hydrogens (tertiary/aromatic N) is 1. The number of aryl methyl sites for hydroxylation is 1. The quantitative estimate of drug-likeness (QED) is 0.624. The molecule has 2 aliphatic rings. The number of rotatable bonds is 4. The molecule has 2 atom stereocenters. The Balaban J connectivity index is 1.70. The minimum Gasteiger partial charge on any atom is -0.274 e. The van der Waals surface area contributed by atoms with E-state index in [4.69, 9.17) is 0 Å². The maximum atomic E-state index is 3.86. The molecule has 2 aromatic rings. The summed E-state index contributed by atoms with van der Waals surface area (Å²) in [6, 6.07) is 16.0. The third kappa shape index (κ3) is 3.56. The Kier molecular flexibility index (Phi) is 5.37.